The molecule has 1 aromatic carbocycles. The Morgan fingerprint density at radius 2 is 1.78 bits per heavy atom. The van der Waals surface area contributed by atoms with Gasteiger partial charge in [0.05, 0.1) is 5.92 Å². The average molecular weight is 510 g/mol. The Balaban J connectivity index is 1.25. The van der Waals surface area contributed by atoms with Crippen molar-refractivity contribution < 1.29 is 4.79 Å². The normalized spacial score (nSPS) is 22.9. The van der Waals surface area contributed by atoms with Crippen molar-refractivity contribution in [2.75, 3.05) is 37.6 Å². The molecular formula is C29H40ClN5O. The number of carbonyl (C=O) groups is 1. The van der Waals surface area contributed by atoms with Crippen molar-refractivity contribution in [2.45, 2.75) is 77.2 Å². The fourth-order valence-corrected chi connectivity index (χ4v) is 6.29. The number of hydrogen-bond acceptors (Lipinski definition) is 5. The van der Waals surface area contributed by atoms with Crippen molar-refractivity contribution in [3.8, 4) is 0 Å². The van der Waals surface area contributed by atoms with Gasteiger partial charge in [0.1, 0.15) is 12.1 Å². The van der Waals surface area contributed by atoms with Crippen LogP contribution in [-0.4, -0.2) is 59.5 Å². The second-order valence-electron chi connectivity index (χ2n) is 11.8. The smallest absolute Gasteiger partial charge is 0.231 e. The van der Waals surface area contributed by atoms with Crippen molar-refractivity contribution in [1.82, 2.24) is 20.2 Å². The van der Waals surface area contributed by atoms with Crippen molar-refractivity contribution in [2.24, 2.45) is 5.41 Å². The summed E-state index contributed by atoms with van der Waals surface area (Å²) in [6, 6.07) is 8.31. The second kappa shape index (κ2) is 10.7. The third-order valence-electron chi connectivity index (χ3n) is 8.66. The molecule has 194 valence electrons. The second-order valence-corrected chi connectivity index (χ2v) is 12.2. The van der Waals surface area contributed by atoms with Crippen molar-refractivity contribution in [3.05, 3.63) is 52.4 Å². The molecule has 2 fully saturated rings. The summed E-state index contributed by atoms with van der Waals surface area (Å²) in [6.45, 7) is 10.7. The molecule has 2 heterocycles. The highest BCUT2D eigenvalue weighted by molar-refractivity contribution is 6.30. The number of carbonyl (C=O) groups excluding carboxylic acids is 1. The van der Waals surface area contributed by atoms with Gasteiger partial charge in [-0.1, -0.05) is 44.5 Å². The molecule has 6 nitrogen and oxygen atoms in total. The van der Waals surface area contributed by atoms with Gasteiger partial charge in [-0.05, 0) is 67.6 Å². The number of aromatic nitrogens is 2. The highest BCUT2D eigenvalue weighted by atomic mass is 35.5. The topological polar surface area (TPSA) is 61.4 Å². The van der Waals surface area contributed by atoms with Gasteiger partial charge in [0.2, 0.25) is 5.91 Å². The average Bonchev–Trinajstić information content (AvgIpc) is 3.27. The van der Waals surface area contributed by atoms with Crippen molar-refractivity contribution in [3.63, 3.8) is 0 Å². The molecule has 0 radical (unpaired) electrons. The third kappa shape index (κ3) is 5.55. The first kappa shape index (κ1) is 25.5. The van der Waals surface area contributed by atoms with Crippen LogP contribution in [-0.2, 0) is 11.2 Å². The number of fused-ring (bicyclic) bond motifs is 1. The summed E-state index contributed by atoms with van der Waals surface area (Å²) >= 11 is 6.17. The Hall–Kier alpha value is -2.18. The van der Waals surface area contributed by atoms with Gasteiger partial charge in [0.15, 0.2) is 0 Å². The van der Waals surface area contributed by atoms with Crippen LogP contribution in [0.4, 0.5) is 5.82 Å². The van der Waals surface area contributed by atoms with Gasteiger partial charge in [0, 0.05) is 55.0 Å². The Labute approximate surface area is 220 Å². The first-order chi connectivity index (χ1) is 17.3. The maximum absolute atomic E-state index is 13.9. The summed E-state index contributed by atoms with van der Waals surface area (Å²) in [6.07, 6.45) is 8.71. The first-order valence-corrected chi connectivity index (χ1v) is 14.0. The third-order valence-corrected chi connectivity index (χ3v) is 8.92. The van der Waals surface area contributed by atoms with Gasteiger partial charge in [0.25, 0.3) is 0 Å². The molecule has 3 aliphatic rings. The summed E-state index contributed by atoms with van der Waals surface area (Å²) in [7, 11) is 0. The van der Waals surface area contributed by atoms with E-state index in [1.807, 2.05) is 29.2 Å². The molecule has 1 saturated carbocycles. The summed E-state index contributed by atoms with van der Waals surface area (Å²) in [5.41, 5.74) is 3.99. The number of piperazine rings is 1. The van der Waals surface area contributed by atoms with E-state index in [0.29, 0.717) is 42.0 Å². The van der Waals surface area contributed by atoms with Crippen LogP contribution in [0.5, 0.6) is 0 Å². The van der Waals surface area contributed by atoms with Gasteiger partial charge in [-0.25, -0.2) is 9.97 Å². The Kier molecular flexibility index (Phi) is 7.55. The number of halogens is 1. The van der Waals surface area contributed by atoms with Crippen LogP contribution in [0.2, 0.25) is 5.02 Å². The molecule has 1 aromatic heterocycles. The van der Waals surface area contributed by atoms with E-state index in [-0.39, 0.29) is 11.8 Å². The maximum Gasteiger partial charge on any atom is 0.231 e. The SMILES string of the molecule is CC1CCc2ncnc(N3CCN(C(=O)[C@H](CNC4CCC(C)(C)CC4)c4ccc(Cl)cc4)CC3)c21. The van der Waals surface area contributed by atoms with Crippen LogP contribution in [0.3, 0.4) is 0 Å². The molecule has 2 aliphatic carbocycles. The summed E-state index contributed by atoms with van der Waals surface area (Å²) in [5, 5.41) is 4.45. The van der Waals surface area contributed by atoms with Crippen LogP contribution >= 0.6 is 11.6 Å². The molecule has 7 heteroatoms. The van der Waals surface area contributed by atoms with E-state index in [1.165, 1.54) is 36.9 Å². The number of nitrogens with one attached hydrogen (secondary N) is 1. The fourth-order valence-electron chi connectivity index (χ4n) is 6.16. The maximum atomic E-state index is 13.9. The lowest BCUT2D eigenvalue weighted by atomic mass is 9.75. The first-order valence-electron chi connectivity index (χ1n) is 13.7. The van der Waals surface area contributed by atoms with Crippen molar-refractivity contribution >= 4 is 23.3 Å². The van der Waals surface area contributed by atoms with Crippen LogP contribution in [0.1, 0.15) is 81.5 Å². The molecule has 2 atom stereocenters. The molecule has 5 rings (SSSR count). The molecule has 1 unspecified atom stereocenters. The van der Waals surface area contributed by atoms with Gasteiger partial charge in [-0.15, -0.1) is 0 Å². The number of aryl methyl sites for hydroxylation is 1. The standard InChI is InChI=1S/C29H40ClN5O/c1-20-4-9-25-26(20)27(33-19-32-25)34-14-16-35(17-15-34)28(36)24(21-5-7-22(30)8-6-21)18-31-23-10-12-29(2,3)13-11-23/h5-8,19-20,23-24,31H,4,9-18H2,1-3H3/t20?,24-/m1/s1. The van der Waals surface area contributed by atoms with Gasteiger partial charge in [-0.2, -0.15) is 0 Å². The molecule has 36 heavy (non-hydrogen) atoms. The number of rotatable bonds is 6. The largest absolute Gasteiger partial charge is 0.353 e. The summed E-state index contributed by atoms with van der Waals surface area (Å²) in [4.78, 5) is 27.4. The molecule has 0 bridgehead atoms. The zero-order valence-electron chi connectivity index (χ0n) is 22.0. The molecule has 1 amide bonds. The molecule has 1 saturated heterocycles. The number of anilines is 1. The molecule has 1 aliphatic heterocycles. The minimum absolute atomic E-state index is 0.202. The van der Waals surface area contributed by atoms with E-state index < -0.39 is 0 Å². The zero-order chi connectivity index (χ0) is 25.3. The van der Waals surface area contributed by atoms with E-state index in [9.17, 15) is 4.79 Å². The van der Waals surface area contributed by atoms with Gasteiger partial charge >= 0.3 is 0 Å². The summed E-state index contributed by atoms with van der Waals surface area (Å²) < 4.78 is 0. The van der Waals surface area contributed by atoms with E-state index in [4.69, 9.17) is 11.6 Å². The molecule has 0 spiro atoms. The lowest BCUT2D eigenvalue weighted by molar-refractivity contribution is -0.133. The number of nitrogens with zero attached hydrogens (tertiary/aromatic N) is 4. The van der Waals surface area contributed by atoms with Crippen LogP contribution in [0.15, 0.2) is 30.6 Å². The highest BCUT2D eigenvalue weighted by Gasteiger charge is 2.33. The monoisotopic (exact) mass is 509 g/mol. The van der Waals surface area contributed by atoms with Crippen molar-refractivity contribution in [1.29, 1.82) is 0 Å². The van der Waals surface area contributed by atoms with Crippen LogP contribution in [0.25, 0.3) is 0 Å². The molecule has 2 aromatic rings. The lowest BCUT2D eigenvalue weighted by Crippen LogP contribution is -2.51. The Bertz CT molecular complexity index is 1050. The number of benzene rings is 1. The Morgan fingerprint density at radius 1 is 1.08 bits per heavy atom. The predicted molar refractivity (Wildman–Crippen MR) is 146 cm³/mol. The number of hydrogen-bond donors (Lipinski definition) is 1. The van der Waals surface area contributed by atoms with Gasteiger partial charge in [-0.3, -0.25) is 4.79 Å². The number of amides is 1. The molecule has 1 N–H and O–H groups in total. The van der Waals surface area contributed by atoms with E-state index in [2.05, 4.69) is 41.0 Å². The van der Waals surface area contributed by atoms with E-state index >= 15 is 0 Å². The minimum atomic E-state index is -0.202. The quantitative estimate of drug-likeness (QED) is 0.582. The zero-order valence-corrected chi connectivity index (χ0v) is 22.7. The van der Waals surface area contributed by atoms with Gasteiger partial charge < -0.3 is 15.1 Å². The lowest BCUT2D eigenvalue weighted by Gasteiger charge is -2.38. The minimum Gasteiger partial charge on any atom is -0.353 e. The summed E-state index contributed by atoms with van der Waals surface area (Å²) in [5.74, 6) is 1.59. The van der Waals surface area contributed by atoms with Crippen LogP contribution in [0, 0.1) is 5.41 Å². The van der Waals surface area contributed by atoms with Crippen LogP contribution < -0.4 is 10.2 Å². The Morgan fingerprint density at radius 3 is 2.47 bits per heavy atom. The van der Waals surface area contributed by atoms with E-state index in [0.717, 1.165) is 37.3 Å². The molecular weight excluding hydrogens is 470 g/mol. The van der Waals surface area contributed by atoms with E-state index in [1.54, 1.807) is 6.33 Å². The highest BCUT2D eigenvalue weighted by Crippen LogP contribution is 2.38. The fraction of sp³-hybridized carbons (Fsp3) is 0.621. The predicted octanol–water partition coefficient (Wildman–Crippen LogP) is 5.17.